The van der Waals surface area contributed by atoms with Crippen molar-refractivity contribution in [3.05, 3.63) is 46.3 Å². The van der Waals surface area contributed by atoms with Crippen molar-refractivity contribution in [1.82, 2.24) is 19.7 Å². The number of thiophene rings is 1. The van der Waals surface area contributed by atoms with E-state index in [2.05, 4.69) is 23.2 Å². The Balaban J connectivity index is 1.39. The van der Waals surface area contributed by atoms with Crippen molar-refractivity contribution in [3.63, 3.8) is 0 Å². The number of carbonyl (C=O) groups is 1. The lowest BCUT2D eigenvalue weighted by atomic mass is 9.87. The highest BCUT2D eigenvalue weighted by atomic mass is 32.2. The number of ether oxygens (including phenoxy) is 1. The predicted molar refractivity (Wildman–Crippen MR) is 130 cm³/mol. The smallest absolute Gasteiger partial charge is 0.233 e. The number of thioether (sulfide) groups is 1. The van der Waals surface area contributed by atoms with Gasteiger partial charge in [-0.3, -0.25) is 4.79 Å². The van der Waals surface area contributed by atoms with Gasteiger partial charge in [0.25, 0.3) is 0 Å². The summed E-state index contributed by atoms with van der Waals surface area (Å²) in [5, 5.41) is 9.57. The van der Waals surface area contributed by atoms with Gasteiger partial charge in [-0.05, 0) is 42.9 Å². The number of para-hydroxylation sites is 1. The molecule has 1 amide bonds. The molecule has 1 atom stereocenters. The summed E-state index contributed by atoms with van der Waals surface area (Å²) >= 11 is 3.27. The minimum atomic E-state index is 0.0441. The molecule has 1 aliphatic carbocycles. The van der Waals surface area contributed by atoms with E-state index in [1.54, 1.807) is 12.0 Å². The lowest BCUT2D eigenvalue weighted by Crippen LogP contribution is -2.28. The number of aryl methyl sites for hydroxylation is 1. The van der Waals surface area contributed by atoms with Crippen LogP contribution in [0.3, 0.4) is 0 Å². The second-order valence-electron chi connectivity index (χ2n) is 8.29. The Bertz CT molecular complexity index is 1090. The molecule has 0 fully saturated rings. The van der Waals surface area contributed by atoms with Gasteiger partial charge in [-0.1, -0.05) is 43.3 Å². The largest absolute Gasteiger partial charge is 0.496 e. The molecule has 8 heteroatoms. The standard InChI is InChI=1S/C24H30N4O2S2/c1-5-16-10-11-20-18(12-16)13-21(32-20)23-25-26-24(28(23)3)31-15-22(29)27(2)14-17-8-6-7-9-19(17)30-4/h6-9,13,16H,5,10-12,14-15H2,1-4H3. The summed E-state index contributed by atoms with van der Waals surface area (Å²) in [4.78, 5) is 17.1. The zero-order chi connectivity index (χ0) is 22.7. The number of hydrogen-bond acceptors (Lipinski definition) is 6. The van der Waals surface area contributed by atoms with Crippen molar-refractivity contribution >= 4 is 29.0 Å². The second kappa shape index (κ2) is 10.1. The highest BCUT2D eigenvalue weighted by molar-refractivity contribution is 7.99. The monoisotopic (exact) mass is 470 g/mol. The first-order valence-electron chi connectivity index (χ1n) is 11.0. The van der Waals surface area contributed by atoms with Crippen molar-refractivity contribution in [2.75, 3.05) is 19.9 Å². The van der Waals surface area contributed by atoms with E-state index in [0.717, 1.165) is 28.2 Å². The van der Waals surface area contributed by atoms with Gasteiger partial charge in [-0.25, -0.2) is 0 Å². The Morgan fingerprint density at radius 1 is 1.34 bits per heavy atom. The SMILES string of the molecule is CCC1CCc2sc(-c3nnc(SCC(=O)N(C)Cc4ccccc4OC)n3C)cc2C1. The lowest BCUT2D eigenvalue weighted by molar-refractivity contribution is -0.127. The average molecular weight is 471 g/mol. The Hall–Kier alpha value is -2.32. The molecule has 0 bridgehead atoms. The van der Waals surface area contributed by atoms with Gasteiger partial charge in [0, 0.05) is 31.1 Å². The maximum Gasteiger partial charge on any atom is 0.233 e. The topological polar surface area (TPSA) is 60.3 Å². The molecule has 3 aromatic rings. The molecule has 32 heavy (non-hydrogen) atoms. The number of fused-ring (bicyclic) bond motifs is 1. The van der Waals surface area contributed by atoms with Gasteiger partial charge in [0.15, 0.2) is 11.0 Å². The van der Waals surface area contributed by atoms with Crippen LogP contribution in [0.4, 0.5) is 0 Å². The van der Waals surface area contributed by atoms with Crippen molar-refractivity contribution < 1.29 is 9.53 Å². The molecule has 0 saturated heterocycles. The molecular formula is C24H30N4O2S2. The number of amides is 1. The third-order valence-electron chi connectivity index (χ3n) is 6.17. The van der Waals surface area contributed by atoms with Gasteiger partial charge in [0.05, 0.1) is 17.7 Å². The van der Waals surface area contributed by atoms with Crippen LogP contribution in [0.15, 0.2) is 35.5 Å². The number of rotatable bonds is 8. The molecule has 4 rings (SSSR count). The van der Waals surface area contributed by atoms with Crippen LogP contribution in [0.2, 0.25) is 0 Å². The molecule has 0 saturated carbocycles. The van der Waals surface area contributed by atoms with Crippen LogP contribution in [0.25, 0.3) is 10.7 Å². The summed E-state index contributed by atoms with van der Waals surface area (Å²) in [7, 11) is 5.44. The molecule has 1 aliphatic rings. The Morgan fingerprint density at radius 2 is 2.16 bits per heavy atom. The zero-order valence-electron chi connectivity index (χ0n) is 19.1. The van der Waals surface area contributed by atoms with Gasteiger partial charge in [0.2, 0.25) is 5.91 Å². The van der Waals surface area contributed by atoms with E-state index in [-0.39, 0.29) is 5.91 Å². The van der Waals surface area contributed by atoms with Crippen LogP contribution in [-0.2, 0) is 31.2 Å². The van der Waals surface area contributed by atoms with Crippen molar-refractivity contribution in [1.29, 1.82) is 0 Å². The van der Waals surface area contributed by atoms with E-state index in [0.29, 0.717) is 12.3 Å². The number of hydrogen-bond donors (Lipinski definition) is 0. The van der Waals surface area contributed by atoms with Gasteiger partial charge in [0.1, 0.15) is 5.75 Å². The molecule has 6 nitrogen and oxygen atoms in total. The first-order chi connectivity index (χ1) is 15.5. The predicted octanol–water partition coefficient (Wildman–Crippen LogP) is 4.82. The van der Waals surface area contributed by atoms with Crippen molar-refractivity contribution in [3.8, 4) is 16.5 Å². The molecule has 170 valence electrons. The zero-order valence-corrected chi connectivity index (χ0v) is 20.8. The second-order valence-corrected chi connectivity index (χ2v) is 10.4. The molecule has 0 aliphatic heterocycles. The summed E-state index contributed by atoms with van der Waals surface area (Å²) in [6.45, 7) is 2.79. The fraction of sp³-hybridized carbons (Fsp3) is 0.458. The average Bonchev–Trinajstić information content (AvgIpc) is 3.39. The normalized spacial score (nSPS) is 15.4. The lowest BCUT2D eigenvalue weighted by Gasteiger charge is -2.19. The first kappa shape index (κ1) is 22.9. The van der Waals surface area contributed by atoms with Gasteiger partial charge in [-0.2, -0.15) is 0 Å². The van der Waals surface area contributed by atoms with E-state index < -0.39 is 0 Å². The summed E-state index contributed by atoms with van der Waals surface area (Å²) in [5.74, 6) is 2.84. The molecule has 2 heterocycles. The molecule has 0 N–H and O–H groups in total. The number of methoxy groups -OCH3 is 1. The maximum atomic E-state index is 12.7. The minimum Gasteiger partial charge on any atom is -0.496 e. The van der Waals surface area contributed by atoms with Crippen LogP contribution in [0, 0.1) is 5.92 Å². The summed E-state index contributed by atoms with van der Waals surface area (Å²) in [6, 6.07) is 10.1. The molecule has 0 spiro atoms. The Kier molecular flexibility index (Phi) is 7.20. The van der Waals surface area contributed by atoms with Crippen molar-refractivity contribution in [2.45, 2.75) is 44.3 Å². The van der Waals surface area contributed by atoms with Gasteiger partial charge in [-0.15, -0.1) is 21.5 Å². The molecule has 1 unspecified atom stereocenters. The highest BCUT2D eigenvalue weighted by Crippen LogP contribution is 2.38. The molecule has 0 radical (unpaired) electrons. The van der Waals surface area contributed by atoms with E-state index >= 15 is 0 Å². The number of nitrogens with zero attached hydrogens (tertiary/aromatic N) is 4. The molecule has 2 aromatic heterocycles. The fourth-order valence-corrected chi connectivity index (χ4v) is 6.21. The Labute approximate surface area is 198 Å². The summed E-state index contributed by atoms with van der Waals surface area (Å²) in [6.07, 6.45) is 4.88. The number of carbonyl (C=O) groups excluding carboxylic acids is 1. The Morgan fingerprint density at radius 3 is 2.94 bits per heavy atom. The summed E-state index contributed by atoms with van der Waals surface area (Å²) < 4.78 is 7.40. The molecule has 1 aromatic carbocycles. The number of benzene rings is 1. The molecular weight excluding hydrogens is 440 g/mol. The quantitative estimate of drug-likeness (QED) is 0.442. The van der Waals surface area contributed by atoms with E-state index in [1.807, 2.05) is 54.3 Å². The van der Waals surface area contributed by atoms with E-state index in [1.165, 1.54) is 52.8 Å². The van der Waals surface area contributed by atoms with Crippen molar-refractivity contribution in [2.24, 2.45) is 13.0 Å². The van der Waals surface area contributed by atoms with E-state index in [9.17, 15) is 4.79 Å². The minimum absolute atomic E-state index is 0.0441. The van der Waals surface area contributed by atoms with Crippen LogP contribution < -0.4 is 4.74 Å². The third kappa shape index (κ3) is 4.86. The number of aromatic nitrogens is 3. The highest BCUT2D eigenvalue weighted by Gasteiger charge is 2.23. The fourth-order valence-electron chi connectivity index (χ4n) is 4.13. The van der Waals surface area contributed by atoms with Crippen LogP contribution in [-0.4, -0.2) is 45.5 Å². The van der Waals surface area contributed by atoms with Crippen LogP contribution in [0.5, 0.6) is 5.75 Å². The summed E-state index contributed by atoms with van der Waals surface area (Å²) in [5.41, 5.74) is 2.47. The maximum absolute atomic E-state index is 12.7. The first-order valence-corrected chi connectivity index (χ1v) is 12.8. The van der Waals surface area contributed by atoms with Gasteiger partial charge >= 0.3 is 0 Å². The van der Waals surface area contributed by atoms with E-state index in [4.69, 9.17) is 4.74 Å². The van der Waals surface area contributed by atoms with Crippen LogP contribution >= 0.6 is 23.1 Å². The van der Waals surface area contributed by atoms with Crippen LogP contribution in [0.1, 0.15) is 35.8 Å². The van der Waals surface area contributed by atoms with Gasteiger partial charge < -0.3 is 14.2 Å². The third-order valence-corrected chi connectivity index (χ3v) is 8.41.